The molecular formula is C23H31NO2. The topological polar surface area (TPSA) is 38.3 Å². The molecule has 0 fully saturated rings. The third-order valence-corrected chi connectivity index (χ3v) is 4.79. The lowest BCUT2D eigenvalue weighted by molar-refractivity contribution is -0.129. The Kier molecular flexibility index (Phi) is 6.84. The summed E-state index contributed by atoms with van der Waals surface area (Å²) < 4.78 is 6.03. The number of ether oxygens (including phenoxy) is 1. The first kappa shape index (κ1) is 20.0. The van der Waals surface area contributed by atoms with Gasteiger partial charge < -0.3 is 10.1 Å². The summed E-state index contributed by atoms with van der Waals surface area (Å²) in [5, 5.41) is 3.18. The summed E-state index contributed by atoms with van der Waals surface area (Å²) >= 11 is 0. The molecule has 0 aliphatic heterocycles. The summed E-state index contributed by atoms with van der Waals surface area (Å²) in [5.74, 6) is 0.719. The Morgan fingerprint density at radius 3 is 2.08 bits per heavy atom. The van der Waals surface area contributed by atoms with Crippen LogP contribution in [0.3, 0.4) is 0 Å². The molecule has 0 bridgehead atoms. The van der Waals surface area contributed by atoms with Crippen molar-refractivity contribution in [2.75, 3.05) is 0 Å². The second-order valence-corrected chi connectivity index (χ2v) is 7.11. The van der Waals surface area contributed by atoms with Gasteiger partial charge in [-0.1, -0.05) is 55.3 Å². The van der Waals surface area contributed by atoms with Crippen LogP contribution < -0.4 is 10.1 Å². The van der Waals surface area contributed by atoms with Gasteiger partial charge in [0, 0.05) is 0 Å². The van der Waals surface area contributed by atoms with Crippen molar-refractivity contribution in [3.05, 3.63) is 64.2 Å². The molecule has 0 saturated carbocycles. The Morgan fingerprint density at radius 2 is 1.54 bits per heavy atom. The molecule has 2 aromatic rings. The summed E-state index contributed by atoms with van der Waals surface area (Å²) in [6.07, 6.45) is 0.981. The molecule has 26 heavy (non-hydrogen) atoms. The van der Waals surface area contributed by atoms with Crippen molar-refractivity contribution < 1.29 is 9.53 Å². The molecule has 0 aliphatic rings. The second kappa shape index (κ2) is 8.88. The van der Waals surface area contributed by atoms with E-state index in [1.807, 2.05) is 26.0 Å². The van der Waals surface area contributed by atoms with Crippen molar-refractivity contribution in [1.29, 1.82) is 0 Å². The Labute approximate surface area is 157 Å². The van der Waals surface area contributed by atoms with E-state index < -0.39 is 6.10 Å². The molecule has 0 aliphatic carbocycles. The molecule has 0 aromatic heterocycles. The molecule has 1 N–H and O–H groups in total. The number of carbonyl (C=O) groups excluding carboxylic acids is 1. The first-order valence-electron chi connectivity index (χ1n) is 9.47. The van der Waals surface area contributed by atoms with Gasteiger partial charge in [-0.25, -0.2) is 0 Å². The summed E-state index contributed by atoms with van der Waals surface area (Å²) in [7, 11) is 0. The molecule has 0 spiro atoms. The Bertz CT molecular complexity index is 767. The van der Waals surface area contributed by atoms with E-state index in [9.17, 15) is 4.79 Å². The minimum atomic E-state index is -0.490. The van der Waals surface area contributed by atoms with Gasteiger partial charge in [0.05, 0.1) is 6.04 Å². The predicted octanol–water partition coefficient (Wildman–Crippen LogP) is 5.35. The van der Waals surface area contributed by atoms with Gasteiger partial charge in [-0.2, -0.15) is 0 Å². The second-order valence-electron chi connectivity index (χ2n) is 7.11. The molecule has 1 amide bonds. The van der Waals surface area contributed by atoms with Crippen LogP contribution in [0.4, 0.5) is 0 Å². The van der Waals surface area contributed by atoms with Crippen LogP contribution in [0.5, 0.6) is 5.75 Å². The van der Waals surface area contributed by atoms with Crippen LogP contribution in [0.15, 0.2) is 36.4 Å². The molecule has 140 valence electrons. The van der Waals surface area contributed by atoms with Gasteiger partial charge in [-0.3, -0.25) is 4.79 Å². The zero-order valence-corrected chi connectivity index (χ0v) is 16.8. The molecule has 2 atom stereocenters. The number of nitrogens with one attached hydrogen (secondary N) is 1. The number of hydrogen-bond acceptors (Lipinski definition) is 2. The van der Waals surface area contributed by atoms with Gasteiger partial charge in [0.2, 0.25) is 0 Å². The van der Waals surface area contributed by atoms with Crippen molar-refractivity contribution >= 4 is 5.91 Å². The fourth-order valence-electron chi connectivity index (χ4n) is 3.29. The number of rotatable bonds is 7. The molecule has 3 nitrogen and oxygen atoms in total. The highest BCUT2D eigenvalue weighted by atomic mass is 16.5. The van der Waals surface area contributed by atoms with Crippen LogP contribution in [-0.2, 0) is 4.79 Å². The van der Waals surface area contributed by atoms with Crippen molar-refractivity contribution in [2.24, 2.45) is 0 Å². The first-order valence-corrected chi connectivity index (χ1v) is 9.47. The number of carbonyl (C=O) groups is 1. The van der Waals surface area contributed by atoms with Crippen LogP contribution in [0.25, 0.3) is 0 Å². The fraction of sp³-hybridized carbons (Fsp3) is 0.435. The third-order valence-electron chi connectivity index (χ3n) is 4.79. The van der Waals surface area contributed by atoms with E-state index in [-0.39, 0.29) is 11.9 Å². The summed E-state index contributed by atoms with van der Waals surface area (Å²) in [6.45, 7) is 12.3. The number of benzene rings is 2. The minimum absolute atomic E-state index is 0.000125. The average molecular weight is 354 g/mol. The van der Waals surface area contributed by atoms with Gasteiger partial charge in [0.1, 0.15) is 5.75 Å². The van der Waals surface area contributed by atoms with Gasteiger partial charge in [0.15, 0.2) is 6.10 Å². The fourth-order valence-corrected chi connectivity index (χ4v) is 3.29. The van der Waals surface area contributed by atoms with Crippen LogP contribution in [0.2, 0.25) is 0 Å². The van der Waals surface area contributed by atoms with Crippen LogP contribution in [-0.4, -0.2) is 12.0 Å². The highest BCUT2D eigenvalue weighted by molar-refractivity contribution is 5.81. The number of hydrogen-bond donors (Lipinski definition) is 1. The number of aryl methyl sites for hydroxylation is 4. The standard InChI is InChI=1S/C23H31NO2/c1-7-20(19-11-9-15(3)13-17(19)5)24-23(25)21(8-2)26-22-12-10-16(4)14-18(22)6/h9-14,20-21H,7-8H2,1-6H3,(H,24,25)/t20-,21+/m1/s1. The van der Waals surface area contributed by atoms with E-state index in [2.05, 4.69) is 57.3 Å². The smallest absolute Gasteiger partial charge is 0.261 e. The van der Waals surface area contributed by atoms with Crippen molar-refractivity contribution in [1.82, 2.24) is 5.32 Å². The van der Waals surface area contributed by atoms with Gasteiger partial charge in [-0.15, -0.1) is 0 Å². The molecule has 3 heteroatoms. The minimum Gasteiger partial charge on any atom is -0.480 e. The van der Waals surface area contributed by atoms with E-state index in [1.165, 1.54) is 22.3 Å². The van der Waals surface area contributed by atoms with E-state index in [0.29, 0.717) is 6.42 Å². The Balaban J connectivity index is 2.13. The molecule has 0 radical (unpaired) electrons. The van der Waals surface area contributed by atoms with Gasteiger partial charge >= 0.3 is 0 Å². The largest absolute Gasteiger partial charge is 0.480 e. The highest BCUT2D eigenvalue weighted by Crippen LogP contribution is 2.24. The van der Waals surface area contributed by atoms with Gasteiger partial charge in [-0.05, 0) is 63.3 Å². The Hall–Kier alpha value is -2.29. The van der Waals surface area contributed by atoms with Crippen LogP contribution in [0.1, 0.15) is 60.5 Å². The monoisotopic (exact) mass is 353 g/mol. The maximum Gasteiger partial charge on any atom is 0.261 e. The first-order chi connectivity index (χ1) is 12.3. The predicted molar refractivity (Wildman–Crippen MR) is 108 cm³/mol. The van der Waals surface area contributed by atoms with Crippen LogP contribution in [0, 0.1) is 27.7 Å². The quantitative estimate of drug-likeness (QED) is 0.729. The zero-order chi connectivity index (χ0) is 19.3. The molecule has 0 heterocycles. The highest BCUT2D eigenvalue weighted by Gasteiger charge is 2.23. The summed E-state index contributed by atoms with van der Waals surface area (Å²) in [5.41, 5.74) is 5.86. The van der Waals surface area contributed by atoms with E-state index >= 15 is 0 Å². The van der Waals surface area contributed by atoms with E-state index in [4.69, 9.17) is 4.74 Å². The number of amides is 1. The maximum atomic E-state index is 12.8. The lowest BCUT2D eigenvalue weighted by Crippen LogP contribution is -2.40. The van der Waals surface area contributed by atoms with Crippen molar-refractivity contribution in [3.63, 3.8) is 0 Å². The Morgan fingerprint density at radius 1 is 0.923 bits per heavy atom. The SMILES string of the molecule is CC[C@H](Oc1ccc(C)cc1C)C(=O)N[C@H](CC)c1ccc(C)cc1C. The third kappa shape index (κ3) is 4.87. The lowest BCUT2D eigenvalue weighted by Gasteiger charge is -2.24. The summed E-state index contributed by atoms with van der Waals surface area (Å²) in [6, 6.07) is 12.4. The van der Waals surface area contributed by atoms with E-state index in [1.54, 1.807) is 0 Å². The summed E-state index contributed by atoms with van der Waals surface area (Å²) in [4.78, 5) is 12.8. The van der Waals surface area contributed by atoms with Crippen molar-refractivity contribution in [2.45, 2.75) is 66.5 Å². The van der Waals surface area contributed by atoms with Gasteiger partial charge in [0.25, 0.3) is 5.91 Å². The van der Waals surface area contributed by atoms with Crippen molar-refractivity contribution in [3.8, 4) is 5.75 Å². The lowest BCUT2D eigenvalue weighted by atomic mass is 9.97. The molecule has 0 unspecified atom stereocenters. The average Bonchev–Trinajstić information content (AvgIpc) is 2.59. The molecular weight excluding hydrogens is 322 g/mol. The van der Waals surface area contributed by atoms with E-state index in [0.717, 1.165) is 17.7 Å². The molecule has 2 aromatic carbocycles. The zero-order valence-electron chi connectivity index (χ0n) is 16.8. The molecule has 0 saturated heterocycles. The van der Waals surface area contributed by atoms with Crippen LogP contribution >= 0.6 is 0 Å². The molecule has 2 rings (SSSR count). The maximum absolute atomic E-state index is 12.8. The normalized spacial score (nSPS) is 13.2.